The highest BCUT2D eigenvalue weighted by Gasteiger charge is 2.26. The third-order valence-electron chi connectivity index (χ3n) is 5.18. The van der Waals surface area contributed by atoms with E-state index in [2.05, 4.69) is 9.97 Å². The Morgan fingerprint density at radius 3 is 2.75 bits per heavy atom. The van der Waals surface area contributed by atoms with Crippen LogP contribution < -0.4 is 0 Å². The Labute approximate surface area is 163 Å². The number of nitrogens with zero attached hydrogens (tertiary/aromatic N) is 2. The van der Waals surface area contributed by atoms with Crippen LogP contribution in [0.4, 0.5) is 0 Å². The van der Waals surface area contributed by atoms with Gasteiger partial charge in [-0.25, -0.2) is 13.4 Å². The lowest BCUT2D eigenvalue weighted by molar-refractivity contribution is -0.119. The molecule has 6 nitrogen and oxygen atoms in total. The number of imidazole rings is 1. The number of sulfone groups is 1. The highest BCUT2D eigenvalue weighted by Crippen LogP contribution is 2.26. The number of aromatic nitrogens is 2. The molecule has 142 valence electrons. The Kier molecular flexibility index (Phi) is 4.73. The maximum Gasteiger partial charge on any atom is 0.178 e. The number of nitriles is 1. The first-order chi connectivity index (χ1) is 13.5. The lowest BCUT2D eigenvalue weighted by Crippen LogP contribution is -2.17. The Morgan fingerprint density at radius 2 is 1.96 bits per heavy atom. The molecule has 3 aromatic rings. The Balaban J connectivity index is 1.50. The van der Waals surface area contributed by atoms with Crippen molar-refractivity contribution >= 4 is 26.7 Å². The van der Waals surface area contributed by atoms with Crippen LogP contribution in [0.3, 0.4) is 0 Å². The molecule has 1 aliphatic rings. The van der Waals surface area contributed by atoms with Gasteiger partial charge in [-0.1, -0.05) is 18.2 Å². The molecule has 0 radical (unpaired) electrons. The van der Waals surface area contributed by atoms with Crippen LogP contribution in [0.2, 0.25) is 0 Å². The number of aromatic amines is 1. The van der Waals surface area contributed by atoms with E-state index in [0.717, 1.165) is 30.3 Å². The first-order valence-electron chi connectivity index (χ1n) is 9.19. The van der Waals surface area contributed by atoms with Gasteiger partial charge in [0.25, 0.3) is 0 Å². The molecule has 1 aromatic heterocycles. The maximum atomic E-state index is 12.7. The van der Waals surface area contributed by atoms with Crippen LogP contribution in [0.25, 0.3) is 11.0 Å². The normalized spacial score (nSPS) is 14.5. The number of carbonyl (C=O) groups excluding carboxylic acids is 1. The lowest BCUT2D eigenvalue weighted by atomic mass is 10.0. The summed E-state index contributed by atoms with van der Waals surface area (Å²) >= 11 is 0. The quantitative estimate of drug-likeness (QED) is 0.693. The Bertz CT molecular complexity index is 1170. The summed E-state index contributed by atoms with van der Waals surface area (Å²) in [6.45, 7) is 0. The van der Waals surface area contributed by atoms with Gasteiger partial charge in [0, 0.05) is 6.42 Å². The molecule has 0 aliphatic heterocycles. The largest absolute Gasteiger partial charge is 0.340 e. The summed E-state index contributed by atoms with van der Waals surface area (Å²) in [5, 5.41) is 9.45. The highest BCUT2D eigenvalue weighted by molar-refractivity contribution is 7.91. The van der Waals surface area contributed by atoms with E-state index in [0.29, 0.717) is 5.52 Å². The molecule has 1 N–H and O–H groups in total. The van der Waals surface area contributed by atoms with E-state index < -0.39 is 21.5 Å². The van der Waals surface area contributed by atoms with Crippen molar-refractivity contribution in [3.8, 4) is 6.07 Å². The van der Waals surface area contributed by atoms with Gasteiger partial charge in [0.15, 0.2) is 21.5 Å². The van der Waals surface area contributed by atoms with Crippen LogP contribution in [-0.4, -0.2) is 29.9 Å². The molecule has 7 heteroatoms. The molecule has 0 saturated carbocycles. The fraction of sp³-hybridized carbons (Fsp3) is 0.286. The van der Waals surface area contributed by atoms with E-state index in [1.165, 1.54) is 5.56 Å². The van der Waals surface area contributed by atoms with E-state index in [1.807, 2.05) is 30.3 Å². The predicted octanol–water partition coefficient (Wildman–Crippen LogP) is 3.09. The van der Waals surface area contributed by atoms with Crippen molar-refractivity contribution in [3.63, 3.8) is 0 Å². The fourth-order valence-corrected chi connectivity index (χ4v) is 4.94. The van der Waals surface area contributed by atoms with Crippen molar-refractivity contribution < 1.29 is 13.2 Å². The average molecular weight is 393 g/mol. The summed E-state index contributed by atoms with van der Waals surface area (Å²) < 4.78 is 25.3. The molecule has 0 amide bonds. The first-order valence-corrected chi connectivity index (χ1v) is 10.8. The molecular weight excluding hydrogens is 374 g/mol. The molecule has 1 unspecified atom stereocenters. The van der Waals surface area contributed by atoms with Crippen molar-refractivity contribution in [3.05, 3.63) is 59.4 Å². The summed E-state index contributed by atoms with van der Waals surface area (Å²) in [5.74, 6) is -1.62. The van der Waals surface area contributed by atoms with Gasteiger partial charge >= 0.3 is 0 Å². The third-order valence-corrected chi connectivity index (χ3v) is 6.89. The number of H-pyrrole nitrogens is 1. The van der Waals surface area contributed by atoms with Gasteiger partial charge in [0.2, 0.25) is 0 Å². The van der Waals surface area contributed by atoms with E-state index in [1.54, 1.807) is 18.2 Å². The monoisotopic (exact) mass is 393 g/mol. The number of carbonyl (C=O) groups is 1. The Hall–Kier alpha value is -2.98. The van der Waals surface area contributed by atoms with Crippen molar-refractivity contribution in [2.24, 2.45) is 0 Å². The number of nitrogens with one attached hydrogen (secondary N) is 1. The number of Topliss-reactive ketones (excluding diaryl/α,β-unsaturated/α-hetero) is 1. The second-order valence-corrected chi connectivity index (χ2v) is 9.13. The van der Waals surface area contributed by atoms with Gasteiger partial charge in [-0.15, -0.1) is 0 Å². The van der Waals surface area contributed by atoms with Gasteiger partial charge in [0.05, 0.1) is 27.8 Å². The van der Waals surface area contributed by atoms with Crippen molar-refractivity contribution in [1.82, 2.24) is 9.97 Å². The van der Waals surface area contributed by atoms with Crippen LogP contribution in [0.15, 0.2) is 47.4 Å². The highest BCUT2D eigenvalue weighted by atomic mass is 32.2. The molecule has 2 aromatic carbocycles. The third kappa shape index (κ3) is 3.43. The summed E-state index contributed by atoms with van der Waals surface area (Å²) in [6.07, 6.45) is 2.68. The summed E-state index contributed by atoms with van der Waals surface area (Å²) in [4.78, 5) is 20.1. The summed E-state index contributed by atoms with van der Waals surface area (Å²) in [5.41, 5.74) is 3.67. The van der Waals surface area contributed by atoms with Gasteiger partial charge in [-0.3, -0.25) is 4.79 Å². The van der Waals surface area contributed by atoms with Crippen molar-refractivity contribution in [2.75, 3.05) is 5.75 Å². The van der Waals surface area contributed by atoms with Crippen LogP contribution in [0, 0.1) is 11.3 Å². The van der Waals surface area contributed by atoms with E-state index in [4.69, 9.17) is 0 Å². The molecule has 0 spiro atoms. The fourth-order valence-electron chi connectivity index (χ4n) is 3.63. The zero-order valence-electron chi connectivity index (χ0n) is 15.2. The second-order valence-electron chi connectivity index (χ2n) is 7.02. The minimum atomic E-state index is -3.59. The molecule has 0 fully saturated rings. The molecule has 28 heavy (non-hydrogen) atoms. The van der Waals surface area contributed by atoms with E-state index in [-0.39, 0.29) is 22.9 Å². The van der Waals surface area contributed by atoms with Gasteiger partial charge in [-0.2, -0.15) is 5.26 Å². The topological polar surface area (TPSA) is 104 Å². The number of fused-ring (bicyclic) bond motifs is 2. The van der Waals surface area contributed by atoms with E-state index in [9.17, 15) is 18.5 Å². The zero-order valence-corrected chi connectivity index (χ0v) is 16.0. The molecule has 0 saturated heterocycles. The van der Waals surface area contributed by atoms with Crippen LogP contribution in [-0.2, 0) is 27.5 Å². The van der Waals surface area contributed by atoms with Crippen molar-refractivity contribution in [2.45, 2.75) is 36.5 Å². The maximum absolute atomic E-state index is 12.7. The number of rotatable bonds is 6. The molecule has 4 rings (SSSR count). The van der Waals surface area contributed by atoms with Gasteiger partial charge in [-0.05, 0) is 54.7 Å². The second kappa shape index (κ2) is 7.21. The van der Waals surface area contributed by atoms with Crippen LogP contribution in [0.1, 0.15) is 35.7 Å². The van der Waals surface area contributed by atoms with Crippen LogP contribution >= 0.6 is 0 Å². The number of benzene rings is 2. The van der Waals surface area contributed by atoms with E-state index >= 15 is 0 Å². The number of aryl methyl sites for hydroxylation is 2. The molecule has 1 aliphatic carbocycles. The number of para-hydroxylation sites is 2. The average Bonchev–Trinajstić information content (AvgIpc) is 3.33. The molecule has 0 bridgehead atoms. The van der Waals surface area contributed by atoms with Crippen molar-refractivity contribution in [1.29, 1.82) is 5.26 Å². The Morgan fingerprint density at radius 1 is 1.18 bits per heavy atom. The standard InChI is InChI=1S/C21H19N3O3S/c22-13-17(21-23-18-6-1-2-7-19(18)24-21)20(25)10-11-28(26,27)16-9-8-14-4-3-5-15(14)12-16/h1-2,6-9,12,17H,3-5,10-11H2,(H,23,24). The molecule has 1 heterocycles. The van der Waals surface area contributed by atoms with Gasteiger partial charge < -0.3 is 4.98 Å². The first kappa shape index (κ1) is 18.4. The number of hydrogen-bond donors (Lipinski definition) is 1. The molecule has 1 atom stereocenters. The zero-order chi connectivity index (χ0) is 19.7. The minimum absolute atomic E-state index is 0.227. The SMILES string of the molecule is N#CC(C(=O)CCS(=O)(=O)c1ccc2c(c1)CCC2)c1nc2ccccc2[nH]1. The number of hydrogen-bond acceptors (Lipinski definition) is 5. The summed E-state index contributed by atoms with van der Waals surface area (Å²) in [6, 6.07) is 14.4. The smallest absolute Gasteiger partial charge is 0.178 e. The minimum Gasteiger partial charge on any atom is -0.340 e. The molecular formula is C21H19N3O3S. The summed E-state index contributed by atoms with van der Waals surface area (Å²) in [7, 11) is -3.59. The predicted molar refractivity (Wildman–Crippen MR) is 105 cm³/mol. The number of ketones is 1. The van der Waals surface area contributed by atoms with Crippen LogP contribution in [0.5, 0.6) is 0 Å². The van der Waals surface area contributed by atoms with Gasteiger partial charge in [0.1, 0.15) is 5.82 Å². The lowest BCUT2D eigenvalue weighted by Gasteiger charge is -2.08.